The van der Waals surface area contributed by atoms with Gasteiger partial charge in [-0.2, -0.15) is 0 Å². The van der Waals surface area contributed by atoms with Gasteiger partial charge in [-0.15, -0.1) is 0 Å². The quantitative estimate of drug-likeness (QED) is 0.890. The molecule has 0 spiro atoms. The van der Waals surface area contributed by atoms with E-state index in [2.05, 4.69) is 5.32 Å². The minimum Gasteiger partial charge on any atom is -0.482 e. The molecule has 0 bridgehead atoms. The number of ether oxygens (including phenoxy) is 1. The van der Waals surface area contributed by atoms with Gasteiger partial charge < -0.3 is 10.1 Å². The zero-order valence-electron chi connectivity index (χ0n) is 11.7. The van der Waals surface area contributed by atoms with Crippen LogP contribution >= 0.6 is 23.2 Å². The molecule has 0 fully saturated rings. The number of nitrogens with one attached hydrogen (secondary N) is 1. The van der Waals surface area contributed by atoms with Crippen molar-refractivity contribution in [3.05, 3.63) is 57.6 Å². The van der Waals surface area contributed by atoms with Crippen LogP contribution in [0.25, 0.3) is 0 Å². The molecule has 3 nitrogen and oxygen atoms in total. The molecule has 0 radical (unpaired) electrons. The number of hydrogen-bond acceptors (Lipinski definition) is 2. The Balaban J connectivity index is 2.01. The molecule has 2 aromatic carbocycles. The highest BCUT2D eigenvalue weighted by atomic mass is 35.5. The standard InChI is InChI=1S/C16H15Cl2NO2/c1-10-4-3-5-11(2)16(10)19-15(20)9-21-14-8-12(17)6-7-13(14)18/h3-8H,9H2,1-2H3,(H,19,20). The molecule has 110 valence electrons. The van der Waals surface area contributed by atoms with Gasteiger partial charge in [-0.25, -0.2) is 0 Å². The molecule has 0 heterocycles. The van der Waals surface area contributed by atoms with E-state index < -0.39 is 0 Å². The number of rotatable bonds is 4. The number of carbonyl (C=O) groups is 1. The predicted molar refractivity (Wildman–Crippen MR) is 86.5 cm³/mol. The van der Waals surface area contributed by atoms with Crippen molar-refractivity contribution in [1.82, 2.24) is 0 Å². The van der Waals surface area contributed by atoms with Gasteiger partial charge in [0.15, 0.2) is 6.61 Å². The fourth-order valence-corrected chi connectivity index (χ4v) is 2.25. The van der Waals surface area contributed by atoms with E-state index in [9.17, 15) is 4.79 Å². The molecule has 2 rings (SSSR count). The molecule has 5 heteroatoms. The summed E-state index contributed by atoms with van der Waals surface area (Å²) >= 11 is 11.8. The lowest BCUT2D eigenvalue weighted by molar-refractivity contribution is -0.118. The van der Waals surface area contributed by atoms with Gasteiger partial charge in [0.2, 0.25) is 0 Å². The first-order valence-electron chi connectivity index (χ1n) is 6.41. The number of benzene rings is 2. The average Bonchev–Trinajstić information content (AvgIpc) is 2.44. The summed E-state index contributed by atoms with van der Waals surface area (Å²) in [6.07, 6.45) is 0. The van der Waals surface area contributed by atoms with E-state index >= 15 is 0 Å². The Morgan fingerprint density at radius 1 is 1.14 bits per heavy atom. The van der Waals surface area contributed by atoms with Gasteiger partial charge in [0.05, 0.1) is 5.02 Å². The molecule has 2 aromatic rings. The maximum atomic E-state index is 12.0. The van der Waals surface area contributed by atoms with E-state index in [1.807, 2.05) is 32.0 Å². The Hall–Kier alpha value is -1.71. The van der Waals surface area contributed by atoms with Crippen LogP contribution in [-0.4, -0.2) is 12.5 Å². The van der Waals surface area contributed by atoms with Crippen LogP contribution in [0, 0.1) is 13.8 Å². The number of carbonyl (C=O) groups excluding carboxylic acids is 1. The molecular formula is C16H15Cl2NO2. The summed E-state index contributed by atoms with van der Waals surface area (Å²) < 4.78 is 5.40. The molecule has 0 unspecified atom stereocenters. The number of para-hydroxylation sites is 1. The maximum Gasteiger partial charge on any atom is 0.262 e. The van der Waals surface area contributed by atoms with Crippen LogP contribution in [0.2, 0.25) is 10.0 Å². The Morgan fingerprint density at radius 2 is 1.81 bits per heavy atom. The summed E-state index contributed by atoms with van der Waals surface area (Å²) in [7, 11) is 0. The molecular weight excluding hydrogens is 309 g/mol. The minimum atomic E-state index is -0.247. The van der Waals surface area contributed by atoms with Gasteiger partial charge in [-0.1, -0.05) is 41.4 Å². The molecule has 21 heavy (non-hydrogen) atoms. The predicted octanol–water partition coefficient (Wildman–Crippen LogP) is 4.63. The van der Waals surface area contributed by atoms with Crippen molar-refractivity contribution in [3.63, 3.8) is 0 Å². The van der Waals surface area contributed by atoms with Crippen molar-refractivity contribution in [2.75, 3.05) is 11.9 Å². The second kappa shape index (κ2) is 6.83. The highest BCUT2D eigenvalue weighted by Gasteiger charge is 2.09. The zero-order chi connectivity index (χ0) is 15.4. The van der Waals surface area contributed by atoms with E-state index in [0.29, 0.717) is 15.8 Å². The van der Waals surface area contributed by atoms with Crippen LogP contribution in [-0.2, 0) is 4.79 Å². The smallest absolute Gasteiger partial charge is 0.262 e. The molecule has 0 aliphatic carbocycles. The van der Waals surface area contributed by atoms with Crippen LogP contribution in [0.5, 0.6) is 5.75 Å². The van der Waals surface area contributed by atoms with Crippen LogP contribution in [0.15, 0.2) is 36.4 Å². The van der Waals surface area contributed by atoms with E-state index in [0.717, 1.165) is 16.8 Å². The lowest BCUT2D eigenvalue weighted by Gasteiger charge is -2.12. The zero-order valence-corrected chi connectivity index (χ0v) is 13.3. The second-order valence-electron chi connectivity index (χ2n) is 4.68. The third-order valence-corrected chi connectivity index (χ3v) is 3.54. The minimum absolute atomic E-state index is 0.131. The van der Waals surface area contributed by atoms with Gasteiger partial charge in [0.1, 0.15) is 5.75 Å². The van der Waals surface area contributed by atoms with E-state index in [1.165, 1.54) is 0 Å². The van der Waals surface area contributed by atoms with Crippen molar-refractivity contribution in [3.8, 4) is 5.75 Å². The molecule has 0 aliphatic rings. The third-order valence-electron chi connectivity index (χ3n) is 3.00. The number of hydrogen-bond donors (Lipinski definition) is 1. The largest absolute Gasteiger partial charge is 0.482 e. The summed E-state index contributed by atoms with van der Waals surface area (Å²) in [5.41, 5.74) is 2.82. The SMILES string of the molecule is Cc1cccc(C)c1NC(=O)COc1cc(Cl)ccc1Cl. The highest BCUT2D eigenvalue weighted by molar-refractivity contribution is 6.34. The number of halogens is 2. The number of anilines is 1. The van der Waals surface area contributed by atoms with Crippen molar-refractivity contribution in [2.45, 2.75) is 13.8 Å². The van der Waals surface area contributed by atoms with E-state index in [4.69, 9.17) is 27.9 Å². The first-order valence-corrected chi connectivity index (χ1v) is 7.17. The first-order chi connectivity index (χ1) is 9.97. The summed E-state index contributed by atoms with van der Waals surface area (Å²) in [5.74, 6) is 0.143. The third kappa shape index (κ3) is 4.13. The molecule has 1 N–H and O–H groups in total. The van der Waals surface area contributed by atoms with Crippen LogP contribution in [0.1, 0.15) is 11.1 Å². The summed E-state index contributed by atoms with van der Waals surface area (Å²) in [4.78, 5) is 12.0. The van der Waals surface area contributed by atoms with Crippen molar-refractivity contribution in [1.29, 1.82) is 0 Å². The number of amides is 1. The molecule has 0 saturated carbocycles. The van der Waals surface area contributed by atoms with E-state index in [1.54, 1.807) is 18.2 Å². The lowest BCUT2D eigenvalue weighted by atomic mass is 10.1. The highest BCUT2D eigenvalue weighted by Crippen LogP contribution is 2.27. The van der Waals surface area contributed by atoms with Gasteiger partial charge >= 0.3 is 0 Å². The molecule has 0 aliphatic heterocycles. The lowest BCUT2D eigenvalue weighted by Crippen LogP contribution is -2.21. The van der Waals surface area contributed by atoms with Crippen molar-refractivity contribution in [2.24, 2.45) is 0 Å². The molecule has 1 amide bonds. The monoisotopic (exact) mass is 323 g/mol. The fraction of sp³-hybridized carbons (Fsp3) is 0.188. The van der Waals surface area contributed by atoms with Gasteiger partial charge in [0.25, 0.3) is 5.91 Å². The maximum absolute atomic E-state index is 12.0. The molecule has 0 saturated heterocycles. The van der Waals surface area contributed by atoms with Crippen molar-refractivity contribution < 1.29 is 9.53 Å². The van der Waals surface area contributed by atoms with Crippen molar-refractivity contribution >= 4 is 34.8 Å². The Kier molecular flexibility index (Phi) is 5.10. The molecule has 0 atom stereocenters. The summed E-state index contributed by atoms with van der Waals surface area (Å²) in [6, 6.07) is 10.7. The normalized spacial score (nSPS) is 10.3. The van der Waals surface area contributed by atoms with Crippen LogP contribution in [0.4, 0.5) is 5.69 Å². The summed E-state index contributed by atoms with van der Waals surface area (Å²) in [5, 5.41) is 3.76. The van der Waals surface area contributed by atoms with E-state index in [-0.39, 0.29) is 12.5 Å². The second-order valence-corrected chi connectivity index (χ2v) is 5.52. The first kappa shape index (κ1) is 15.7. The number of aryl methyl sites for hydroxylation is 2. The van der Waals surface area contributed by atoms with Crippen LogP contribution < -0.4 is 10.1 Å². The van der Waals surface area contributed by atoms with Gasteiger partial charge in [-0.05, 0) is 37.1 Å². The average molecular weight is 324 g/mol. The summed E-state index contributed by atoms with van der Waals surface area (Å²) in [6.45, 7) is 3.75. The topological polar surface area (TPSA) is 38.3 Å². The Bertz CT molecular complexity index is 651. The Labute approximate surface area is 133 Å². The van der Waals surface area contributed by atoms with Gasteiger partial charge in [-0.3, -0.25) is 4.79 Å². The van der Waals surface area contributed by atoms with Gasteiger partial charge in [0, 0.05) is 16.8 Å². The fourth-order valence-electron chi connectivity index (χ4n) is 1.92. The van der Waals surface area contributed by atoms with Crippen LogP contribution in [0.3, 0.4) is 0 Å². The Morgan fingerprint density at radius 3 is 2.48 bits per heavy atom. The molecule has 0 aromatic heterocycles.